The van der Waals surface area contributed by atoms with Crippen LogP contribution in [0.2, 0.25) is 0 Å². The van der Waals surface area contributed by atoms with Crippen molar-refractivity contribution in [2.45, 2.75) is 12.8 Å². The van der Waals surface area contributed by atoms with Gasteiger partial charge in [-0.1, -0.05) is 0 Å². The normalized spacial score (nSPS) is 10.0. The summed E-state index contributed by atoms with van der Waals surface area (Å²) in [6, 6.07) is 3.72. The smallest absolute Gasteiger partial charge is 0.358 e. The fraction of sp³-hybridized carbons (Fsp3) is 0.250. The molecule has 0 bridgehead atoms. The second-order valence-electron chi connectivity index (χ2n) is 2.65. The minimum Gasteiger partial charge on any atom is -0.358 e. The fourth-order valence-electron chi connectivity index (χ4n) is 0.993. The number of halogens is 2. The van der Waals surface area contributed by atoms with Crippen molar-refractivity contribution in [3.8, 4) is 6.07 Å². The maximum Gasteiger partial charge on any atom is 0.364 e. The first-order valence-corrected chi connectivity index (χ1v) is 3.85. The summed E-state index contributed by atoms with van der Waals surface area (Å²) in [7, 11) is 0. The number of hydrogen-bond acceptors (Lipinski definition) is 4. The Hall–Kier alpha value is -2.10. The van der Waals surface area contributed by atoms with Crippen LogP contribution in [0.15, 0.2) is 12.1 Å². The molecule has 15 heavy (non-hydrogen) atoms. The van der Waals surface area contributed by atoms with Gasteiger partial charge in [0.05, 0.1) is 12.5 Å². The van der Waals surface area contributed by atoms with Gasteiger partial charge in [-0.05, 0) is 21.5 Å². The first kappa shape index (κ1) is 11.0. The van der Waals surface area contributed by atoms with E-state index in [0.717, 1.165) is 12.1 Å². The third-order valence-corrected chi connectivity index (χ3v) is 1.59. The van der Waals surface area contributed by atoms with Gasteiger partial charge < -0.3 is 10.1 Å². The largest absolute Gasteiger partial charge is 0.364 e. The predicted octanol–water partition coefficient (Wildman–Crippen LogP) is 1.99. The Balaban J connectivity index is 3.21. The first-order valence-electron chi connectivity index (χ1n) is 3.85. The van der Waals surface area contributed by atoms with E-state index in [-0.39, 0.29) is 12.0 Å². The third kappa shape index (κ3) is 2.67. The lowest BCUT2D eigenvalue weighted by atomic mass is 10.2. The second kappa shape index (κ2) is 4.41. The number of nitrogens with zero attached hydrogens (tertiary/aromatic N) is 3. The van der Waals surface area contributed by atoms with E-state index in [0.29, 0.717) is 0 Å². The summed E-state index contributed by atoms with van der Waals surface area (Å²) in [5.74, 6) is -0.668. The van der Waals surface area contributed by atoms with Crippen molar-refractivity contribution in [3.05, 3.63) is 33.5 Å². The Morgan fingerprint density at radius 2 is 2.27 bits per heavy atom. The molecule has 1 aromatic rings. The van der Waals surface area contributed by atoms with Gasteiger partial charge in [0.15, 0.2) is 0 Å². The molecule has 0 spiro atoms. The lowest BCUT2D eigenvalue weighted by Crippen LogP contribution is -1.99. The van der Waals surface area contributed by atoms with Gasteiger partial charge in [-0.15, -0.1) is 0 Å². The second-order valence-corrected chi connectivity index (χ2v) is 2.65. The van der Waals surface area contributed by atoms with Crippen molar-refractivity contribution >= 4 is 5.82 Å². The average Bonchev–Trinajstić information content (AvgIpc) is 2.17. The molecule has 0 unspecified atom stereocenters. The van der Waals surface area contributed by atoms with Gasteiger partial charge in [0.2, 0.25) is 5.69 Å². The van der Waals surface area contributed by atoms with Crippen LogP contribution in [0.3, 0.4) is 0 Å². The highest BCUT2D eigenvalue weighted by Gasteiger charge is 2.20. The minimum atomic E-state index is -2.89. The highest BCUT2D eigenvalue weighted by Crippen LogP contribution is 2.21. The zero-order valence-corrected chi connectivity index (χ0v) is 7.35. The maximum atomic E-state index is 12.3. The Morgan fingerprint density at radius 1 is 1.60 bits per heavy atom. The van der Waals surface area contributed by atoms with E-state index in [2.05, 4.69) is 4.98 Å². The van der Waals surface area contributed by atoms with Crippen LogP contribution in [0.4, 0.5) is 14.6 Å². The molecular formula is C8H5F2N3O2. The Bertz CT molecular complexity index is 428. The molecule has 1 rings (SSSR count). The summed E-state index contributed by atoms with van der Waals surface area (Å²) < 4.78 is 24.5. The average molecular weight is 213 g/mol. The molecule has 5 nitrogen and oxygen atoms in total. The molecule has 7 heteroatoms. The van der Waals surface area contributed by atoms with Crippen molar-refractivity contribution in [1.29, 1.82) is 5.26 Å². The minimum absolute atomic E-state index is 0.162. The van der Waals surface area contributed by atoms with E-state index in [1.807, 2.05) is 0 Å². The molecule has 0 N–H and O–H groups in total. The number of alkyl halides is 2. The lowest BCUT2D eigenvalue weighted by molar-refractivity contribution is -0.389. The molecular weight excluding hydrogens is 208 g/mol. The molecule has 1 aromatic heterocycles. The van der Waals surface area contributed by atoms with Gasteiger partial charge >= 0.3 is 12.2 Å². The number of hydrogen-bond donors (Lipinski definition) is 0. The van der Waals surface area contributed by atoms with Gasteiger partial charge in [-0.25, -0.2) is 8.78 Å². The number of nitriles is 1. The van der Waals surface area contributed by atoms with Crippen molar-refractivity contribution in [3.63, 3.8) is 0 Å². The third-order valence-electron chi connectivity index (χ3n) is 1.59. The molecule has 0 saturated carbocycles. The van der Waals surface area contributed by atoms with Crippen molar-refractivity contribution in [2.24, 2.45) is 0 Å². The van der Waals surface area contributed by atoms with Crippen LogP contribution in [0.5, 0.6) is 0 Å². The molecule has 0 aliphatic rings. The maximum absolute atomic E-state index is 12.3. The highest BCUT2D eigenvalue weighted by atomic mass is 19.3. The predicted molar refractivity (Wildman–Crippen MR) is 45.2 cm³/mol. The van der Waals surface area contributed by atoms with Gasteiger partial charge in [-0.3, -0.25) is 0 Å². The van der Waals surface area contributed by atoms with Crippen LogP contribution in [0, 0.1) is 21.4 Å². The van der Waals surface area contributed by atoms with Crippen LogP contribution >= 0.6 is 0 Å². The van der Waals surface area contributed by atoms with Crippen molar-refractivity contribution in [1.82, 2.24) is 4.98 Å². The first-order chi connectivity index (χ1) is 7.04. The Kier molecular flexibility index (Phi) is 3.23. The lowest BCUT2D eigenvalue weighted by Gasteiger charge is -1.98. The standard InChI is InChI=1S/C8H5F2N3O2/c9-8(10)6-3-5(1-2-11)4-7(12-6)13(14)15/h3-4,8H,1H2. The summed E-state index contributed by atoms with van der Waals surface area (Å²) in [4.78, 5) is 12.6. The van der Waals surface area contributed by atoms with Crippen LogP contribution in [-0.2, 0) is 6.42 Å². The number of aromatic nitrogens is 1. The molecule has 0 amide bonds. The van der Waals surface area contributed by atoms with Gasteiger partial charge in [0, 0.05) is 6.07 Å². The summed E-state index contributed by atoms with van der Waals surface area (Å²) in [6.07, 6.45) is -3.05. The van der Waals surface area contributed by atoms with Crippen LogP contribution in [0.1, 0.15) is 17.7 Å². The molecule has 78 valence electrons. The topological polar surface area (TPSA) is 79.8 Å². The van der Waals surface area contributed by atoms with Gasteiger partial charge in [0.25, 0.3) is 0 Å². The molecule has 0 aromatic carbocycles. The fourth-order valence-corrected chi connectivity index (χ4v) is 0.993. The van der Waals surface area contributed by atoms with E-state index in [1.165, 1.54) is 0 Å². The quantitative estimate of drug-likeness (QED) is 0.568. The molecule has 0 aliphatic carbocycles. The van der Waals surface area contributed by atoms with Crippen LogP contribution < -0.4 is 0 Å². The van der Waals surface area contributed by atoms with Crippen molar-refractivity contribution < 1.29 is 13.7 Å². The summed E-state index contributed by atoms with van der Waals surface area (Å²) in [5, 5.41) is 18.7. The van der Waals surface area contributed by atoms with E-state index < -0.39 is 22.9 Å². The SMILES string of the molecule is N#CCc1cc(C(F)F)nc([N+](=O)[O-])c1. The molecule has 0 aliphatic heterocycles. The van der Waals surface area contributed by atoms with Crippen molar-refractivity contribution in [2.75, 3.05) is 0 Å². The Labute approximate surface area is 83.1 Å². The van der Waals surface area contributed by atoms with E-state index in [1.54, 1.807) is 6.07 Å². The summed E-state index contributed by atoms with van der Waals surface area (Å²) in [5.41, 5.74) is -0.524. The van der Waals surface area contributed by atoms with E-state index in [9.17, 15) is 18.9 Å². The molecule has 0 saturated heterocycles. The number of rotatable bonds is 3. The number of pyridine rings is 1. The summed E-state index contributed by atoms with van der Waals surface area (Å²) >= 11 is 0. The molecule has 1 heterocycles. The van der Waals surface area contributed by atoms with E-state index >= 15 is 0 Å². The van der Waals surface area contributed by atoms with Gasteiger partial charge in [-0.2, -0.15) is 5.26 Å². The molecule has 0 atom stereocenters. The van der Waals surface area contributed by atoms with Gasteiger partial charge in [0.1, 0.15) is 0 Å². The van der Waals surface area contributed by atoms with Crippen LogP contribution in [-0.4, -0.2) is 9.91 Å². The van der Waals surface area contributed by atoms with Crippen LogP contribution in [0.25, 0.3) is 0 Å². The Morgan fingerprint density at radius 3 is 2.73 bits per heavy atom. The highest BCUT2D eigenvalue weighted by molar-refractivity contribution is 5.31. The summed E-state index contributed by atoms with van der Waals surface area (Å²) in [6.45, 7) is 0. The van der Waals surface area contributed by atoms with E-state index in [4.69, 9.17) is 5.26 Å². The zero-order valence-electron chi connectivity index (χ0n) is 7.35. The zero-order chi connectivity index (χ0) is 11.4. The molecule has 0 fully saturated rings. The number of nitro groups is 1. The monoisotopic (exact) mass is 213 g/mol. The molecule has 0 radical (unpaired) electrons.